The maximum absolute atomic E-state index is 12.1. The average molecular weight is 337 g/mol. The molecule has 0 fully saturated rings. The lowest BCUT2D eigenvalue weighted by atomic mass is 10.0. The average Bonchev–Trinajstić information content (AvgIpc) is 2.37. The molecule has 0 aliphatic carbocycles. The molecule has 8 nitrogen and oxygen atoms in total. The molecule has 0 aliphatic heterocycles. The first-order chi connectivity index (χ1) is 9.95. The van der Waals surface area contributed by atoms with Crippen molar-refractivity contribution in [2.75, 3.05) is 12.3 Å². The van der Waals surface area contributed by atoms with Crippen molar-refractivity contribution in [2.45, 2.75) is 46.2 Å². The van der Waals surface area contributed by atoms with Crippen LogP contribution in [0.25, 0.3) is 0 Å². The number of hydrogen-bond donors (Lipinski definition) is 4. The molecule has 2 atom stereocenters. The second-order valence-electron chi connectivity index (χ2n) is 5.93. The Bertz CT molecular complexity index is 476. The summed E-state index contributed by atoms with van der Waals surface area (Å²) in [4.78, 5) is 24.0. The van der Waals surface area contributed by atoms with Crippen molar-refractivity contribution in [3.8, 4) is 0 Å². The quantitative estimate of drug-likeness (QED) is 0.330. The van der Waals surface area contributed by atoms with Gasteiger partial charge in [0.2, 0.25) is 11.8 Å². The van der Waals surface area contributed by atoms with E-state index >= 15 is 0 Å². The monoisotopic (exact) mass is 337 g/mol. The van der Waals surface area contributed by atoms with Gasteiger partial charge in [0.25, 0.3) is 10.1 Å². The molecule has 0 saturated heterocycles. The first kappa shape index (κ1) is 20.8. The van der Waals surface area contributed by atoms with Crippen LogP contribution < -0.4 is 16.4 Å². The van der Waals surface area contributed by atoms with Crippen molar-refractivity contribution in [1.29, 1.82) is 0 Å². The zero-order valence-corrected chi connectivity index (χ0v) is 14.3. The van der Waals surface area contributed by atoms with Crippen molar-refractivity contribution < 1.29 is 22.6 Å². The van der Waals surface area contributed by atoms with Gasteiger partial charge < -0.3 is 16.4 Å². The lowest BCUT2D eigenvalue weighted by Crippen LogP contribution is -2.55. The van der Waals surface area contributed by atoms with Crippen LogP contribution in [0.5, 0.6) is 0 Å². The van der Waals surface area contributed by atoms with Crippen LogP contribution in [0.4, 0.5) is 0 Å². The molecule has 0 unspecified atom stereocenters. The van der Waals surface area contributed by atoms with Gasteiger partial charge in [-0.2, -0.15) is 8.42 Å². The normalized spacial score (nSPS) is 14.7. The highest BCUT2D eigenvalue weighted by Crippen LogP contribution is 2.05. The molecular formula is C13H27N3O5S. The maximum Gasteiger partial charge on any atom is 0.264 e. The van der Waals surface area contributed by atoms with E-state index in [4.69, 9.17) is 10.3 Å². The second kappa shape index (κ2) is 9.06. The first-order valence-electron chi connectivity index (χ1n) is 7.24. The third-order valence-electron chi connectivity index (χ3n) is 3.15. The van der Waals surface area contributed by atoms with Gasteiger partial charge in [0, 0.05) is 6.54 Å². The number of carbonyl (C=O) groups is 2. The van der Waals surface area contributed by atoms with Gasteiger partial charge in [0.15, 0.2) is 0 Å². The zero-order valence-electron chi connectivity index (χ0n) is 13.5. The number of hydrogen-bond acceptors (Lipinski definition) is 5. The van der Waals surface area contributed by atoms with Crippen LogP contribution in [-0.4, -0.2) is 49.2 Å². The van der Waals surface area contributed by atoms with E-state index in [0.717, 1.165) is 0 Å². The number of carbonyl (C=O) groups excluding carboxylic acids is 2. The van der Waals surface area contributed by atoms with Gasteiger partial charge in [0.1, 0.15) is 6.04 Å². The van der Waals surface area contributed by atoms with E-state index in [0.29, 0.717) is 0 Å². The van der Waals surface area contributed by atoms with E-state index in [1.54, 1.807) is 13.8 Å². The molecule has 0 rings (SSSR count). The van der Waals surface area contributed by atoms with Gasteiger partial charge in [-0.3, -0.25) is 14.1 Å². The molecule has 0 aliphatic rings. The zero-order chi connectivity index (χ0) is 17.5. The third kappa shape index (κ3) is 8.30. The molecule has 0 bridgehead atoms. The minimum Gasteiger partial charge on any atom is -0.354 e. The van der Waals surface area contributed by atoms with Crippen LogP contribution in [0.1, 0.15) is 34.1 Å². The van der Waals surface area contributed by atoms with Crippen molar-refractivity contribution in [2.24, 2.45) is 17.6 Å². The predicted molar refractivity (Wildman–Crippen MR) is 83.6 cm³/mol. The highest BCUT2D eigenvalue weighted by Gasteiger charge is 2.27. The lowest BCUT2D eigenvalue weighted by Gasteiger charge is -2.24. The Labute approximate surface area is 132 Å². The molecule has 9 heteroatoms. The Hall–Kier alpha value is -1.19. The highest BCUT2D eigenvalue weighted by molar-refractivity contribution is 7.85. The Morgan fingerprint density at radius 2 is 1.64 bits per heavy atom. The van der Waals surface area contributed by atoms with Gasteiger partial charge in [-0.25, -0.2) is 0 Å². The Morgan fingerprint density at radius 1 is 1.09 bits per heavy atom. The fourth-order valence-electron chi connectivity index (χ4n) is 1.66. The Balaban J connectivity index is 4.50. The summed E-state index contributed by atoms with van der Waals surface area (Å²) in [5.74, 6) is -1.43. The van der Waals surface area contributed by atoms with E-state index in [-0.39, 0.29) is 24.8 Å². The van der Waals surface area contributed by atoms with E-state index in [2.05, 4.69) is 10.6 Å². The molecule has 0 heterocycles. The minimum atomic E-state index is -4.04. The fraction of sp³-hybridized carbons (Fsp3) is 0.846. The van der Waals surface area contributed by atoms with Gasteiger partial charge in [-0.15, -0.1) is 0 Å². The predicted octanol–water partition coefficient (Wildman–Crippen LogP) is -0.495. The fourth-order valence-corrected chi connectivity index (χ4v) is 2.17. The van der Waals surface area contributed by atoms with Crippen molar-refractivity contribution in [3.63, 3.8) is 0 Å². The number of nitrogens with one attached hydrogen (secondary N) is 2. The Kier molecular flexibility index (Phi) is 8.57. The SMILES string of the molecule is CC(C)[C@H](N)C(=O)N[C@H](C(=O)NCCCS(=O)(=O)O)C(C)C. The second-order valence-corrected chi connectivity index (χ2v) is 7.50. The minimum absolute atomic E-state index is 0.0503. The van der Waals surface area contributed by atoms with Gasteiger partial charge in [-0.1, -0.05) is 27.7 Å². The first-order valence-corrected chi connectivity index (χ1v) is 8.85. The third-order valence-corrected chi connectivity index (χ3v) is 3.95. The molecule has 5 N–H and O–H groups in total. The van der Waals surface area contributed by atoms with Crippen LogP contribution in [0.15, 0.2) is 0 Å². The molecule has 0 saturated carbocycles. The van der Waals surface area contributed by atoms with Crippen LogP contribution in [0.2, 0.25) is 0 Å². The van der Waals surface area contributed by atoms with E-state index in [9.17, 15) is 18.0 Å². The van der Waals surface area contributed by atoms with Crippen LogP contribution in [0.3, 0.4) is 0 Å². The topological polar surface area (TPSA) is 139 Å². The van der Waals surface area contributed by atoms with Gasteiger partial charge in [-0.05, 0) is 18.3 Å². The molecule has 0 radical (unpaired) electrons. The largest absolute Gasteiger partial charge is 0.354 e. The van der Waals surface area contributed by atoms with E-state index in [1.165, 1.54) is 0 Å². The summed E-state index contributed by atoms with van der Waals surface area (Å²) in [7, 11) is -4.04. The standard InChI is InChI=1S/C13H27N3O5S/c1-8(2)10(14)12(17)16-11(9(3)4)13(18)15-6-5-7-22(19,20)21/h8-11H,5-7,14H2,1-4H3,(H,15,18)(H,16,17)(H,19,20,21)/t10-,11-/m0/s1. The van der Waals surface area contributed by atoms with E-state index in [1.807, 2.05) is 13.8 Å². The lowest BCUT2D eigenvalue weighted by molar-refractivity contribution is -0.131. The van der Waals surface area contributed by atoms with Crippen LogP contribution in [-0.2, 0) is 19.7 Å². The van der Waals surface area contributed by atoms with E-state index < -0.39 is 39.8 Å². The van der Waals surface area contributed by atoms with Crippen molar-refractivity contribution in [1.82, 2.24) is 10.6 Å². The number of amides is 2. The summed E-state index contributed by atoms with van der Waals surface area (Å²) < 4.78 is 29.7. The summed E-state index contributed by atoms with van der Waals surface area (Å²) >= 11 is 0. The van der Waals surface area contributed by atoms with Gasteiger partial charge >= 0.3 is 0 Å². The summed E-state index contributed by atoms with van der Waals surface area (Å²) in [6, 6.07) is -1.45. The molecule has 130 valence electrons. The van der Waals surface area contributed by atoms with Crippen molar-refractivity contribution in [3.05, 3.63) is 0 Å². The van der Waals surface area contributed by atoms with Crippen molar-refractivity contribution >= 4 is 21.9 Å². The summed E-state index contributed by atoms with van der Waals surface area (Å²) in [5.41, 5.74) is 5.74. The maximum atomic E-state index is 12.1. The molecule has 0 aromatic heterocycles. The summed E-state index contributed by atoms with van der Waals surface area (Å²) in [6.07, 6.45) is 0.0921. The molecule has 0 aromatic rings. The number of nitrogens with two attached hydrogens (primary N) is 1. The summed E-state index contributed by atoms with van der Waals surface area (Å²) in [6.45, 7) is 7.27. The van der Waals surface area contributed by atoms with Crippen LogP contribution in [0, 0.1) is 11.8 Å². The molecule has 0 spiro atoms. The van der Waals surface area contributed by atoms with Gasteiger partial charge in [0.05, 0.1) is 11.8 Å². The number of rotatable bonds is 9. The summed E-state index contributed by atoms with van der Waals surface area (Å²) in [5, 5.41) is 5.15. The molecule has 22 heavy (non-hydrogen) atoms. The van der Waals surface area contributed by atoms with Crippen LogP contribution >= 0.6 is 0 Å². The smallest absolute Gasteiger partial charge is 0.264 e. The molecule has 0 aromatic carbocycles. The Morgan fingerprint density at radius 3 is 2.05 bits per heavy atom. The molecule has 2 amide bonds. The molecular weight excluding hydrogens is 310 g/mol. The highest BCUT2D eigenvalue weighted by atomic mass is 32.2.